The zero-order valence-electron chi connectivity index (χ0n) is 14.8. The summed E-state index contributed by atoms with van der Waals surface area (Å²) in [6, 6.07) is 9.90. The summed E-state index contributed by atoms with van der Waals surface area (Å²) in [4.78, 5) is 23.5. The second-order valence-electron chi connectivity index (χ2n) is 5.87. The third-order valence-electron chi connectivity index (χ3n) is 3.99. The van der Waals surface area contributed by atoms with Gasteiger partial charge in [-0.05, 0) is 37.0 Å². The van der Waals surface area contributed by atoms with Crippen molar-refractivity contribution in [3.63, 3.8) is 0 Å². The lowest BCUT2D eigenvalue weighted by Crippen LogP contribution is -2.36. The Balaban J connectivity index is 1.73. The van der Waals surface area contributed by atoms with E-state index in [9.17, 15) is 9.59 Å². The summed E-state index contributed by atoms with van der Waals surface area (Å²) in [7, 11) is 0. The molecule has 0 bridgehead atoms. The Morgan fingerprint density at radius 1 is 1.20 bits per heavy atom. The second kappa shape index (κ2) is 9.61. The van der Waals surface area contributed by atoms with Crippen molar-refractivity contribution in [1.82, 2.24) is 15.1 Å². The molecule has 0 saturated heterocycles. The number of aromatic nitrogens is 2. The van der Waals surface area contributed by atoms with E-state index in [1.165, 1.54) is 0 Å². The molecule has 0 aliphatic carbocycles. The van der Waals surface area contributed by atoms with Gasteiger partial charge in [0, 0.05) is 18.7 Å². The average molecular weight is 343 g/mol. The first-order valence-electron chi connectivity index (χ1n) is 8.66. The van der Waals surface area contributed by atoms with Gasteiger partial charge in [-0.25, -0.2) is 4.68 Å². The smallest absolute Gasteiger partial charge is 0.306 e. The maximum atomic E-state index is 11.8. The van der Waals surface area contributed by atoms with Crippen LogP contribution in [-0.4, -0.2) is 34.3 Å². The lowest BCUT2D eigenvalue weighted by Gasteiger charge is -2.14. The number of aryl methyl sites for hydroxylation is 1. The van der Waals surface area contributed by atoms with Gasteiger partial charge in [-0.1, -0.05) is 32.0 Å². The summed E-state index contributed by atoms with van der Waals surface area (Å²) in [5.74, 6) is -0.633. The van der Waals surface area contributed by atoms with Crippen LogP contribution in [0.3, 0.4) is 0 Å². The fraction of sp³-hybridized carbons (Fsp3) is 0.421. The molecule has 134 valence electrons. The quantitative estimate of drug-likeness (QED) is 0.711. The first kappa shape index (κ1) is 18.7. The largest absolute Gasteiger partial charge is 0.456 e. The predicted molar refractivity (Wildman–Crippen MR) is 95.4 cm³/mol. The second-order valence-corrected chi connectivity index (χ2v) is 5.87. The van der Waals surface area contributed by atoms with Crippen molar-refractivity contribution in [3.05, 3.63) is 48.3 Å². The maximum absolute atomic E-state index is 11.8. The molecule has 2 rings (SSSR count). The summed E-state index contributed by atoms with van der Waals surface area (Å²) in [6.07, 6.45) is 6.10. The van der Waals surface area contributed by atoms with E-state index in [-0.39, 0.29) is 30.9 Å². The number of nitrogens with zero attached hydrogens (tertiary/aromatic N) is 2. The van der Waals surface area contributed by atoms with Crippen molar-refractivity contribution < 1.29 is 14.3 Å². The van der Waals surface area contributed by atoms with Gasteiger partial charge in [-0.3, -0.25) is 9.59 Å². The fourth-order valence-electron chi connectivity index (χ4n) is 2.44. The molecule has 1 amide bonds. The minimum atomic E-state index is -0.382. The molecule has 2 aromatic rings. The number of hydrogen-bond donors (Lipinski definition) is 1. The molecule has 0 spiro atoms. The highest BCUT2D eigenvalue weighted by molar-refractivity contribution is 5.80. The number of nitrogens with one attached hydrogen (secondary N) is 1. The number of carbonyl (C=O) groups is 2. The number of carbonyl (C=O) groups excluding carboxylic acids is 2. The first-order chi connectivity index (χ1) is 12.1. The van der Waals surface area contributed by atoms with Crippen LogP contribution < -0.4 is 5.32 Å². The van der Waals surface area contributed by atoms with Gasteiger partial charge in [0.1, 0.15) is 0 Å². The summed E-state index contributed by atoms with van der Waals surface area (Å²) in [6.45, 7) is 3.80. The van der Waals surface area contributed by atoms with Crippen LogP contribution in [-0.2, 0) is 20.7 Å². The van der Waals surface area contributed by atoms with E-state index in [0.29, 0.717) is 6.42 Å². The molecule has 1 heterocycles. The molecule has 0 saturated carbocycles. The van der Waals surface area contributed by atoms with Gasteiger partial charge in [0.05, 0.1) is 11.9 Å². The number of hydrogen-bond acceptors (Lipinski definition) is 4. The Labute approximate surface area is 148 Å². The lowest BCUT2D eigenvalue weighted by molar-refractivity contribution is -0.148. The van der Waals surface area contributed by atoms with E-state index >= 15 is 0 Å². The minimum Gasteiger partial charge on any atom is -0.456 e. The van der Waals surface area contributed by atoms with E-state index in [1.54, 1.807) is 10.9 Å². The Hall–Kier alpha value is -2.63. The standard InChI is InChI=1S/C19H25N3O3/c1-3-16(4-2)21-18(23)14-25-19(24)11-10-15-12-20-22(13-15)17-8-6-5-7-9-17/h5-9,12-13,16H,3-4,10-11,14H2,1-2H3,(H,21,23). The highest BCUT2D eigenvalue weighted by atomic mass is 16.5. The molecule has 1 N–H and O–H groups in total. The topological polar surface area (TPSA) is 73.2 Å². The molecule has 1 aromatic carbocycles. The van der Waals surface area contributed by atoms with Crippen molar-refractivity contribution in [3.8, 4) is 5.69 Å². The Morgan fingerprint density at radius 2 is 1.92 bits per heavy atom. The molecule has 0 fully saturated rings. The van der Waals surface area contributed by atoms with Crippen molar-refractivity contribution in [2.45, 2.75) is 45.6 Å². The minimum absolute atomic E-state index is 0.134. The Bertz CT molecular complexity index is 678. The lowest BCUT2D eigenvalue weighted by atomic mass is 10.2. The van der Waals surface area contributed by atoms with Crippen molar-refractivity contribution in [2.24, 2.45) is 0 Å². The number of para-hydroxylation sites is 1. The van der Waals surface area contributed by atoms with Gasteiger partial charge < -0.3 is 10.1 Å². The molecule has 6 nitrogen and oxygen atoms in total. The van der Waals surface area contributed by atoms with Crippen LogP contribution in [0, 0.1) is 0 Å². The van der Waals surface area contributed by atoms with Crippen molar-refractivity contribution in [1.29, 1.82) is 0 Å². The SMILES string of the molecule is CCC(CC)NC(=O)COC(=O)CCc1cnn(-c2ccccc2)c1. The average Bonchev–Trinajstić information content (AvgIpc) is 3.12. The van der Waals surface area contributed by atoms with Crippen LogP contribution in [0.1, 0.15) is 38.7 Å². The van der Waals surface area contributed by atoms with Crippen LogP contribution in [0.15, 0.2) is 42.7 Å². The summed E-state index contributed by atoms with van der Waals surface area (Å²) >= 11 is 0. The number of esters is 1. The van der Waals surface area contributed by atoms with Gasteiger partial charge >= 0.3 is 5.97 Å². The molecule has 1 aromatic heterocycles. The molecule has 0 atom stereocenters. The summed E-state index contributed by atoms with van der Waals surface area (Å²) in [5.41, 5.74) is 1.91. The van der Waals surface area contributed by atoms with Crippen LogP contribution in [0.4, 0.5) is 0 Å². The van der Waals surface area contributed by atoms with E-state index in [0.717, 1.165) is 24.1 Å². The van der Waals surface area contributed by atoms with Crippen molar-refractivity contribution in [2.75, 3.05) is 6.61 Å². The Morgan fingerprint density at radius 3 is 2.60 bits per heavy atom. The molecule has 0 aliphatic rings. The van der Waals surface area contributed by atoms with Crippen molar-refractivity contribution >= 4 is 11.9 Å². The zero-order valence-corrected chi connectivity index (χ0v) is 14.8. The summed E-state index contributed by atoms with van der Waals surface area (Å²) < 4.78 is 6.80. The van der Waals surface area contributed by atoms with E-state index in [4.69, 9.17) is 4.74 Å². The van der Waals surface area contributed by atoms with Gasteiger partial charge in [0.15, 0.2) is 6.61 Å². The molecular formula is C19H25N3O3. The normalized spacial score (nSPS) is 10.7. The fourth-order valence-corrected chi connectivity index (χ4v) is 2.44. The highest BCUT2D eigenvalue weighted by Crippen LogP contribution is 2.09. The van der Waals surface area contributed by atoms with E-state index in [1.807, 2.05) is 50.4 Å². The van der Waals surface area contributed by atoms with Crippen LogP contribution in [0.25, 0.3) is 5.69 Å². The zero-order chi connectivity index (χ0) is 18.1. The number of benzene rings is 1. The van der Waals surface area contributed by atoms with E-state index < -0.39 is 0 Å². The Kier molecular flexibility index (Phi) is 7.19. The molecule has 6 heteroatoms. The predicted octanol–water partition coefficient (Wildman–Crippen LogP) is 2.65. The van der Waals surface area contributed by atoms with Crippen LogP contribution in [0.5, 0.6) is 0 Å². The third-order valence-corrected chi connectivity index (χ3v) is 3.99. The monoisotopic (exact) mass is 343 g/mol. The molecular weight excluding hydrogens is 318 g/mol. The molecule has 0 aliphatic heterocycles. The van der Waals surface area contributed by atoms with Gasteiger partial charge in [-0.2, -0.15) is 5.10 Å². The molecule has 0 unspecified atom stereocenters. The number of rotatable bonds is 9. The van der Waals surface area contributed by atoms with Crippen LogP contribution in [0.2, 0.25) is 0 Å². The van der Waals surface area contributed by atoms with E-state index in [2.05, 4.69) is 10.4 Å². The third kappa shape index (κ3) is 6.06. The molecule has 25 heavy (non-hydrogen) atoms. The van der Waals surface area contributed by atoms with Gasteiger partial charge in [0.25, 0.3) is 5.91 Å². The van der Waals surface area contributed by atoms with Gasteiger partial charge in [0.2, 0.25) is 0 Å². The number of amides is 1. The maximum Gasteiger partial charge on any atom is 0.306 e. The van der Waals surface area contributed by atoms with Gasteiger partial charge in [-0.15, -0.1) is 0 Å². The van der Waals surface area contributed by atoms with Crippen LogP contribution >= 0.6 is 0 Å². The summed E-state index contributed by atoms with van der Waals surface area (Å²) in [5, 5.41) is 7.13. The molecule has 0 radical (unpaired) electrons. The highest BCUT2D eigenvalue weighted by Gasteiger charge is 2.11. The number of ether oxygens (including phenoxy) is 1. The first-order valence-corrected chi connectivity index (χ1v) is 8.66.